The summed E-state index contributed by atoms with van der Waals surface area (Å²) in [5, 5.41) is 0. The van der Waals surface area contributed by atoms with Crippen molar-refractivity contribution in [1.29, 1.82) is 0 Å². The molecule has 0 atom stereocenters. The minimum Gasteiger partial charge on any atom is -0.493 e. The molecule has 69 valence electrons. The van der Waals surface area contributed by atoms with Gasteiger partial charge in [-0.05, 0) is 41.1 Å². The zero-order chi connectivity index (χ0) is 9.68. The van der Waals surface area contributed by atoms with Crippen molar-refractivity contribution in [3.05, 3.63) is 27.6 Å². The number of rotatable bonds is 4. The maximum atomic E-state index is 12.8. The van der Waals surface area contributed by atoms with E-state index in [1.807, 2.05) is 6.07 Å². The van der Waals surface area contributed by atoms with Crippen molar-refractivity contribution < 1.29 is 9.13 Å². The highest BCUT2D eigenvalue weighted by Gasteiger charge is 1.98. The molecule has 0 bridgehead atoms. The first kappa shape index (κ1) is 11.0. The molecule has 0 aliphatic rings. The molecule has 13 heavy (non-hydrogen) atoms. The van der Waals surface area contributed by atoms with Crippen molar-refractivity contribution in [1.82, 2.24) is 0 Å². The molecule has 0 aliphatic heterocycles. The third-order valence-corrected chi connectivity index (χ3v) is 2.40. The van der Waals surface area contributed by atoms with E-state index in [1.165, 1.54) is 12.1 Å². The molecular formula is C9H9FIOSi. The lowest BCUT2D eigenvalue weighted by Gasteiger charge is -2.05. The SMILES string of the molecule is Fc1cc(I)cc(OCCC[Si])c1. The van der Waals surface area contributed by atoms with Gasteiger partial charge < -0.3 is 4.74 Å². The minimum absolute atomic E-state index is 0.250. The summed E-state index contributed by atoms with van der Waals surface area (Å²) in [5.41, 5.74) is 0. The van der Waals surface area contributed by atoms with Gasteiger partial charge in [-0.25, -0.2) is 4.39 Å². The van der Waals surface area contributed by atoms with E-state index in [1.54, 1.807) is 0 Å². The first-order valence-corrected chi connectivity index (χ1v) is 5.74. The zero-order valence-electron chi connectivity index (χ0n) is 7.02. The van der Waals surface area contributed by atoms with Crippen molar-refractivity contribution in [2.45, 2.75) is 12.5 Å². The minimum atomic E-state index is -0.250. The molecule has 0 saturated carbocycles. The fraction of sp³-hybridized carbons (Fsp3) is 0.333. The van der Waals surface area contributed by atoms with Crippen LogP contribution in [0.2, 0.25) is 6.04 Å². The molecule has 0 aliphatic carbocycles. The largest absolute Gasteiger partial charge is 0.493 e. The van der Waals surface area contributed by atoms with Crippen LogP contribution in [-0.4, -0.2) is 16.8 Å². The van der Waals surface area contributed by atoms with Gasteiger partial charge in [0.05, 0.1) is 6.61 Å². The summed E-state index contributed by atoms with van der Waals surface area (Å²) >= 11 is 2.06. The standard InChI is InChI=1S/C9H9FIOSi/c10-7-4-8(11)6-9(5-7)12-2-1-3-13/h4-6H,1-3H2. The average Bonchev–Trinajstić information content (AvgIpc) is 2.03. The molecule has 0 aromatic heterocycles. The van der Waals surface area contributed by atoms with Gasteiger partial charge in [-0.1, -0.05) is 6.04 Å². The van der Waals surface area contributed by atoms with E-state index in [0.29, 0.717) is 12.4 Å². The van der Waals surface area contributed by atoms with E-state index in [2.05, 4.69) is 32.8 Å². The van der Waals surface area contributed by atoms with E-state index in [-0.39, 0.29) is 5.82 Å². The Bertz CT molecular complexity index is 260. The third-order valence-electron chi connectivity index (χ3n) is 1.43. The Hall–Kier alpha value is -0.103. The summed E-state index contributed by atoms with van der Waals surface area (Å²) < 4.78 is 19.0. The molecule has 1 rings (SSSR count). The maximum absolute atomic E-state index is 12.8. The van der Waals surface area contributed by atoms with E-state index >= 15 is 0 Å². The Labute approximate surface area is 94.2 Å². The van der Waals surface area contributed by atoms with Crippen LogP contribution in [0.5, 0.6) is 5.75 Å². The smallest absolute Gasteiger partial charge is 0.127 e. The van der Waals surface area contributed by atoms with Crippen molar-refractivity contribution in [2.24, 2.45) is 0 Å². The van der Waals surface area contributed by atoms with E-state index in [0.717, 1.165) is 16.0 Å². The lowest BCUT2D eigenvalue weighted by molar-refractivity contribution is 0.315. The van der Waals surface area contributed by atoms with Gasteiger partial charge in [0.2, 0.25) is 0 Å². The topological polar surface area (TPSA) is 9.23 Å². The van der Waals surface area contributed by atoms with Gasteiger partial charge in [-0.3, -0.25) is 0 Å². The number of ether oxygens (including phenoxy) is 1. The summed E-state index contributed by atoms with van der Waals surface area (Å²) in [5.74, 6) is 0.352. The Morgan fingerprint density at radius 2 is 2.15 bits per heavy atom. The van der Waals surface area contributed by atoms with Gasteiger partial charge in [0.15, 0.2) is 0 Å². The van der Waals surface area contributed by atoms with Crippen LogP contribution < -0.4 is 4.74 Å². The second-order valence-corrected chi connectivity index (χ2v) is 4.30. The number of hydrogen-bond donors (Lipinski definition) is 0. The summed E-state index contributed by atoms with van der Waals surface area (Å²) in [4.78, 5) is 0. The van der Waals surface area contributed by atoms with Crippen LogP contribution >= 0.6 is 22.6 Å². The second-order valence-electron chi connectivity index (χ2n) is 2.56. The fourth-order valence-electron chi connectivity index (χ4n) is 0.874. The summed E-state index contributed by atoms with van der Waals surface area (Å²) in [7, 11) is 3.34. The van der Waals surface area contributed by atoms with Crippen LogP contribution in [0.15, 0.2) is 18.2 Å². The molecule has 0 unspecified atom stereocenters. The van der Waals surface area contributed by atoms with Crippen molar-refractivity contribution in [2.75, 3.05) is 6.61 Å². The van der Waals surface area contributed by atoms with Crippen LogP contribution in [0, 0.1) is 9.39 Å². The van der Waals surface area contributed by atoms with Crippen LogP contribution in [0.25, 0.3) is 0 Å². The molecule has 0 heterocycles. The predicted molar refractivity (Wildman–Crippen MR) is 59.8 cm³/mol. The van der Waals surface area contributed by atoms with Gasteiger partial charge in [0.1, 0.15) is 11.6 Å². The second kappa shape index (κ2) is 5.59. The highest BCUT2D eigenvalue weighted by atomic mass is 127. The van der Waals surface area contributed by atoms with Crippen molar-refractivity contribution in [3.63, 3.8) is 0 Å². The molecule has 0 spiro atoms. The summed E-state index contributed by atoms with van der Waals surface area (Å²) in [6.07, 6.45) is 0.921. The summed E-state index contributed by atoms with van der Waals surface area (Å²) in [6.45, 7) is 0.614. The molecule has 0 fully saturated rings. The lowest BCUT2D eigenvalue weighted by Crippen LogP contribution is -1.97. The normalized spacial score (nSPS) is 10.1. The highest BCUT2D eigenvalue weighted by Crippen LogP contribution is 2.17. The van der Waals surface area contributed by atoms with Crippen LogP contribution in [-0.2, 0) is 0 Å². The van der Waals surface area contributed by atoms with Gasteiger partial charge >= 0.3 is 0 Å². The Morgan fingerprint density at radius 1 is 1.38 bits per heavy atom. The first-order chi connectivity index (χ1) is 6.22. The Morgan fingerprint density at radius 3 is 2.77 bits per heavy atom. The van der Waals surface area contributed by atoms with Crippen LogP contribution in [0.3, 0.4) is 0 Å². The van der Waals surface area contributed by atoms with Gasteiger partial charge in [-0.2, -0.15) is 0 Å². The van der Waals surface area contributed by atoms with E-state index in [4.69, 9.17) is 4.74 Å². The van der Waals surface area contributed by atoms with Gasteiger partial charge in [0, 0.05) is 19.9 Å². The number of benzene rings is 1. The molecule has 0 N–H and O–H groups in total. The molecule has 0 saturated heterocycles. The van der Waals surface area contributed by atoms with E-state index < -0.39 is 0 Å². The van der Waals surface area contributed by atoms with Crippen molar-refractivity contribution in [3.8, 4) is 5.75 Å². The van der Waals surface area contributed by atoms with Crippen molar-refractivity contribution >= 4 is 32.8 Å². The maximum Gasteiger partial charge on any atom is 0.127 e. The van der Waals surface area contributed by atoms with Crippen LogP contribution in [0.4, 0.5) is 4.39 Å². The number of halogens is 2. The lowest BCUT2D eigenvalue weighted by atomic mass is 10.3. The molecule has 1 nitrogen and oxygen atoms in total. The molecule has 1 aromatic rings. The zero-order valence-corrected chi connectivity index (χ0v) is 10.2. The molecule has 3 radical (unpaired) electrons. The highest BCUT2D eigenvalue weighted by molar-refractivity contribution is 14.1. The van der Waals surface area contributed by atoms with Gasteiger partial charge in [-0.15, -0.1) is 0 Å². The predicted octanol–water partition coefficient (Wildman–Crippen LogP) is 2.79. The first-order valence-electron chi connectivity index (χ1n) is 3.96. The Balaban J connectivity index is 2.56. The molecular weight excluding hydrogens is 298 g/mol. The number of hydrogen-bond acceptors (Lipinski definition) is 1. The monoisotopic (exact) mass is 307 g/mol. The average molecular weight is 307 g/mol. The van der Waals surface area contributed by atoms with E-state index in [9.17, 15) is 4.39 Å². The quantitative estimate of drug-likeness (QED) is 0.472. The molecule has 1 aromatic carbocycles. The van der Waals surface area contributed by atoms with Gasteiger partial charge in [0.25, 0.3) is 0 Å². The summed E-state index contributed by atoms with van der Waals surface area (Å²) in [6, 6.07) is 5.58. The van der Waals surface area contributed by atoms with Crippen LogP contribution in [0.1, 0.15) is 6.42 Å². The molecule has 0 amide bonds. The fourth-order valence-corrected chi connectivity index (χ4v) is 1.62. The third kappa shape index (κ3) is 4.08. The Kier molecular flexibility index (Phi) is 4.72. The molecule has 4 heteroatoms.